The second-order valence-electron chi connectivity index (χ2n) is 3.56. The van der Waals surface area contributed by atoms with Crippen LogP contribution >= 0.6 is 0 Å². The lowest BCUT2D eigenvalue weighted by Crippen LogP contribution is -2.22. The van der Waals surface area contributed by atoms with Crippen molar-refractivity contribution in [3.8, 4) is 0 Å². The van der Waals surface area contributed by atoms with Crippen LogP contribution in [0, 0.1) is 5.41 Å². The summed E-state index contributed by atoms with van der Waals surface area (Å²) < 4.78 is 39.8. The van der Waals surface area contributed by atoms with Crippen LogP contribution in [0.5, 0.6) is 0 Å². The fraction of sp³-hybridized carbons (Fsp3) is 0.778. The smallest absolute Gasteiger partial charge is 0.422 e. The maximum absolute atomic E-state index is 11.7. The maximum atomic E-state index is 11.7. The molecule has 0 saturated carbocycles. The van der Waals surface area contributed by atoms with E-state index in [2.05, 4.69) is 11.3 Å². The van der Waals surface area contributed by atoms with Crippen molar-refractivity contribution in [2.45, 2.75) is 33.4 Å². The van der Waals surface area contributed by atoms with Crippen molar-refractivity contribution < 1.29 is 17.9 Å². The predicted octanol–water partition coefficient (Wildman–Crippen LogP) is 3.52. The van der Waals surface area contributed by atoms with E-state index in [-0.39, 0.29) is 5.76 Å². The monoisotopic (exact) mass is 196 g/mol. The Morgan fingerprint density at radius 1 is 1.31 bits per heavy atom. The minimum absolute atomic E-state index is 0.187. The molecule has 4 heteroatoms. The van der Waals surface area contributed by atoms with Gasteiger partial charge in [-0.15, -0.1) is 0 Å². The summed E-state index contributed by atoms with van der Waals surface area (Å²) in [6.07, 6.45) is -3.59. The number of hydrogen-bond acceptors (Lipinski definition) is 1. The molecular weight excluding hydrogens is 181 g/mol. The average molecular weight is 196 g/mol. The van der Waals surface area contributed by atoms with E-state index >= 15 is 0 Å². The fourth-order valence-electron chi connectivity index (χ4n) is 0.561. The van der Waals surface area contributed by atoms with Gasteiger partial charge in [0.15, 0.2) is 6.61 Å². The van der Waals surface area contributed by atoms with Gasteiger partial charge in [0.1, 0.15) is 0 Å². The molecule has 0 aromatic rings. The van der Waals surface area contributed by atoms with Gasteiger partial charge in [-0.25, -0.2) is 0 Å². The first kappa shape index (κ1) is 12.3. The highest BCUT2D eigenvalue weighted by atomic mass is 19.4. The summed E-state index contributed by atoms with van der Waals surface area (Å²) in [4.78, 5) is 0. The molecule has 13 heavy (non-hydrogen) atoms. The van der Waals surface area contributed by atoms with Crippen LogP contribution in [0.3, 0.4) is 0 Å². The SMILES string of the molecule is C=C(OCC(F)(F)F)C(C)(C)CC. The highest BCUT2D eigenvalue weighted by Crippen LogP contribution is 2.30. The van der Waals surface area contributed by atoms with E-state index in [1.165, 1.54) is 0 Å². The topological polar surface area (TPSA) is 9.23 Å². The van der Waals surface area contributed by atoms with Gasteiger partial charge < -0.3 is 4.74 Å². The van der Waals surface area contributed by atoms with Gasteiger partial charge in [-0.2, -0.15) is 13.2 Å². The van der Waals surface area contributed by atoms with Crippen LogP contribution < -0.4 is 0 Å². The number of ether oxygens (including phenoxy) is 1. The Morgan fingerprint density at radius 3 is 2.08 bits per heavy atom. The molecular formula is C9H15F3O. The zero-order valence-corrected chi connectivity index (χ0v) is 8.16. The van der Waals surface area contributed by atoms with Crippen LogP contribution in [0.1, 0.15) is 27.2 Å². The van der Waals surface area contributed by atoms with Crippen molar-refractivity contribution in [1.29, 1.82) is 0 Å². The van der Waals surface area contributed by atoms with Gasteiger partial charge in [0.25, 0.3) is 0 Å². The molecule has 0 fully saturated rings. The van der Waals surface area contributed by atoms with Gasteiger partial charge in [0, 0.05) is 5.41 Å². The summed E-state index contributed by atoms with van der Waals surface area (Å²) in [5.41, 5.74) is -0.398. The molecule has 78 valence electrons. The maximum Gasteiger partial charge on any atom is 0.422 e. The second-order valence-corrected chi connectivity index (χ2v) is 3.56. The third-order valence-corrected chi connectivity index (χ3v) is 2.05. The van der Waals surface area contributed by atoms with Gasteiger partial charge >= 0.3 is 6.18 Å². The number of allylic oxidation sites excluding steroid dienone is 1. The highest BCUT2D eigenvalue weighted by molar-refractivity contribution is 4.97. The van der Waals surface area contributed by atoms with E-state index in [1.54, 1.807) is 13.8 Å². The summed E-state index contributed by atoms with van der Waals surface area (Å²) >= 11 is 0. The van der Waals surface area contributed by atoms with Crippen molar-refractivity contribution in [3.05, 3.63) is 12.3 Å². The van der Waals surface area contributed by atoms with E-state index < -0.39 is 18.2 Å². The van der Waals surface area contributed by atoms with Gasteiger partial charge in [0.05, 0.1) is 5.76 Å². The van der Waals surface area contributed by atoms with Gasteiger partial charge in [-0.3, -0.25) is 0 Å². The van der Waals surface area contributed by atoms with Crippen LogP contribution in [-0.4, -0.2) is 12.8 Å². The second kappa shape index (κ2) is 4.03. The molecule has 0 saturated heterocycles. The van der Waals surface area contributed by atoms with Crippen molar-refractivity contribution in [1.82, 2.24) is 0 Å². The zero-order valence-electron chi connectivity index (χ0n) is 8.16. The molecule has 0 aliphatic heterocycles. The molecule has 0 unspecified atom stereocenters. The lowest BCUT2D eigenvalue weighted by Gasteiger charge is -2.25. The Hall–Kier alpha value is -0.670. The van der Waals surface area contributed by atoms with Gasteiger partial charge in [-0.05, 0) is 6.42 Å². The molecule has 0 radical (unpaired) electrons. The van der Waals surface area contributed by atoms with Crippen molar-refractivity contribution in [2.75, 3.05) is 6.61 Å². The Morgan fingerprint density at radius 2 is 1.77 bits per heavy atom. The Bertz CT molecular complexity index is 182. The predicted molar refractivity (Wildman–Crippen MR) is 45.2 cm³/mol. The van der Waals surface area contributed by atoms with Crippen molar-refractivity contribution >= 4 is 0 Å². The van der Waals surface area contributed by atoms with E-state index in [0.717, 1.165) is 0 Å². The first-order chi connectivity index (χ1) is 5.69. The Kier molecular flexibility index (Phi) is 3.82. The molecule has 1 nitrogen and oxygen atoms in total. The summed E-state index contributed by atoms with van der Waals surface area (Å²) in [5, 5.41) is 0. The molecule has 0 atom stereocenters. The minimum atomic E-state index is -4.28. The normalized spacial score (nSPS) is 12.8. The molecule has 0 rings (SSSR count). The zero-order chi connectivity index (χ0) is 10.7. The summed E-state index contributed by atoms with van der Waals surface area (Å²) in [6, 6.07) is 0. The van der Waals surface area contributed by atoms with Crippen LogP contribution in [0.2, 0.25) is 0 Å². The van der Waals surface area contributed by atoms with Crippen LogP contribution in [-0.2, 0) is 4.74 Å². The van der Waals surface area contributed by atoms with Gasteiger partial charge in [-0.1, -0.05) is 27.4 Å². The minimum Gasteiger partial charge on any atom is -0.489 e. The lowest BCUT2D eigenvalue weighted by atomic mass is 9.88. The standard InChI is InChI=1S/C9H15F3O/c1-5-8(3,4)7(2)13-6-9(10,11)12/h2,5-6H2,1,3-4H3. The molecule has 0 N–H and O–H groups in total. The summed E-state index contributed by atoms with van der Waals surface area (Å²) in [7, 11) is 0. The number of halogens is 3. The Balaban J connectivity index is 4.03. The molecule has 0 bridgehead atoms. The van der Waals surface area contributed by atoms with E-state index in [0.29, 0.717) is 6.42 Å². The lowest BCUT2D eigenvalue weighted by molar-refractivity contribution is -0.168. The van der Waals surface area contributed by atoms with E-state index in [9.17, 15) is 13.2 Å². The summed E-state index contributed by atoms with van der Waals surface area (Å²) in [6.45, 7) is 7.70. The average Bonchev–Trinajstić information content (AvgIpc) is 1.98. The van der Waals surface area contributed by atoms with Crippen LogP contribution in [0.25, 0.3) is 0 Å². The van der Waals surface area contributed by atoms with E-state index in [4.69, 9.17) is 0 Å². The van der Waals surface area contributed by atoms with E-state index in [1.807, 2.05) is 6.92 Å². The molecule has 0 aromatic heterocycles. The third-order valence-electron chi connectivity index (χ3n) is 2.05. The van der Waals surface area contributed by atoms with Crippen molar-refractivity contribution in [2.24, 2.45) is 5.41 Å². The quantitative estimate of drug-likeness (QED) is 0.625. The highest BCUT2D eigenvalue weighted by Gasteiger charge is 2.31. The third kappa shape index (κ3) is 4.80. The molecule has 0 aromatic carbocycles. The molecule has 0 aliphatic carbocycles. The van der Waals surface area contributed by atoms with Gasteiger partial charge in [0.2, 0.25) is 0 Å². The first-order valence-electron chi connectivity index (χ1n) is 4.08. The number of hydrogen-bond donors (Lipinski definition) is 0. The fourth-order valence-corrected chi connectivity index (χ4v) is 0.561. The van der Waals surface area contributed by atoms with Crippen LogP contribution in [0.15, 0.2) is 12.3 Å². The summed E-state index contributed by atoms with van der Waals surface area (Å²) in [5.74, 6) is 0.187. The molecule has 0 spiro atoms. The molecule has 0 aliphatic rings. The first-order valence-corrected chi connectivity index (χ1v) is 4.08. The van der Waals surface area contributed by atoms with Crippen LogP contribution in [0.4, 0.5) is 13.2 Å². The molecule has 0 heterocycles. The largest absolute Gasteiger partial charge is 0.489 e. The molecule has 0 amide bonds. The number of alkyl halides is 3. The Labute approximate surface area is 76.6 Å². The number of rotatable bonds is 4. The van der Waals surface area contributed by atoms with Crippen molar-refractivity contribution in [3.63, 3.8) is 0 Å².